The summed E-state index contributed by atoms with van der Waals surface area (Å²) in [7, 11) is 1.85. The van der Waals surface area contributed by atoms with Crippen molar-refractivity contribution in [2.24, 2.45) is 7.05 Å². The first kappa shape index (κ1) is 20.0. The van der Waals surface area contributed by atoms with Crippen molar-refractivity contribution in [2.45, 2.75) is 12.8 Å². The molecule has 0 unspecified atom stereocenters. The first-order valence-electron chi connectivity index (χ1n) is 10.3. The SMILES string of the molecule is Cn1ncc2c(N3CCN(C(=O)CCc4nc(-c5ccc(F)cc5)no4)CC3)ncnc21. The van der Waals surface area contributed by atoms with Gasteiger partial charge in [-0.1, -0.05) is 5.16 Å². The molecular weight excluding hydrogens is 415 g/mol. The van der Waals surface area contributed by atoms with Gasteiger partial charge in [-0.25, -0.2) is 14.4 Å². The third kappa shape index (κ3) is 3.88. The molecule has 0 N–H and O–H groups in total. The summed E-state index contributed by atoms with van der Waals surface area (Å²) in [5.74, 6) is 1.33. The quantitative estimate of drug-likeness (QED) is 0.467. The number of fused-ring (bicyclic) bond motifs is 1. The van der Waals surface area contributed by atoms with Crippen molar-refractivity contribution in [3.8, 4) is 11.4 Å². The third-order valence-corrected chi connectivity index (χ3v) is 5.56. The lowest BCUT2D eigenvalue weighted by Gasteiger charge is -2.35. The monoisotopic (exact) mass is 436 g/mol. The van der Waals surface area contributed by atoms with Gasteiger partial charge in [0.1, 0.15) is 18.0 Å². The first-order chi connectivity index (χ1) is 15.6. The van der Waals surface area contributed by atoms with Crippen LogP contribution in [0.5, 0.6) is 0 Å². The van der Waals surface area contributed by atoms with Crippen molar-refractivity contribution < 1.29 is 13.7 Å². The summed E-state index contributed by atoms with van der Waals surface area (Å²) >= 11 is 0. The van der Waals surface area contributed by atoms with Crippen molar-refractivity contribution in [2.75, 3.05) is 31.1 Å². The Labute approximate surface area is 182 Å². The molecule has 1 aliphatic heterocycles. The average Bonchev–Trinajstić information content (AvgIpc) is 3.45. The number of carbonyl (C=O) groups excluding carboxylic acids is 1. The van der Waals surface area contributed by atoms with E-state index in [1.807, 2.05) is 11.9 Å². The average molecular weight is 436 g/mol. The Morgan fingerprint density at radius 2 is 1.91 bits per heavy atom. The summed E-state index contributed by atoms with van der Waals surface area (Å²) in [6.07, 6.45) is 3.95. The van der Waals surface area contributed by atoms with Gasteiger partial charge in [-0.05, 0) is 24.3 Å². The van der Waals surface area contributed by atoms with Gasteiger partial charge in [0.05, 0.1) is 11.6 Å². The van der Waals surface area contributed by atoms with Crippen LogP contribution in [0.2, 0.25) is 0 Å². The molecule has 4 aromatic rings. The molecule has 0 saturated carbocycles. The molecule has 0 atom stereocenters. The maximum atomic E-state index is 13.1. The standard InChI is InChI=1S/C21H21FN8O2/c1-28-20-16(12-25-28)21(24-13-23-20)30-10-8-29(9-11-30)18(31)7-6-17-26-19(27-32-17)14-2-4-15(22)5-3-14/h2-5,12-13H,6-11H2,1H3. The molecule has 1 aliphatic rings. The molecule has 10 nitrogen and oxygen atoms in total. The van der Waals surface area contributed by atoms with Gasteiger partial charge in [-0.2, -0.15) is 10.1 Å². The van der Waals surface area contributed by atoms with Gasteiger partial charge in [-0.3, -0.25) is 9.48 Å². The lowest BCUT2D eigenvalue weighted by Crippen LogP contribution is -2.49. The van der Waals surface area contributed by atoms with Crippen LogP contribution in [0.15, 0.2) is 41.3 Å². The van der Waals surface area contributed by atoms with E-state index in [0.717, 1.165) is 16.9 Å². The molecule has 32 heavy (non-hydrogen) atoms. The van der Waals surface area contributed by atoms with Gasteiger partial charge in [0, 0.05) is 51.6 Å². The second-order valence-corrected chi connectivity index (χ2v) is 7.59. The lowest BCUT2D eigenvalue weighted by atomic mass is 10.2. The van der Waals surface area contributed by atoms with E-state index in [4.69, 9.17) is 4.52 Å². The van der Waals surface area contributed by atoms with Gasteiger partial charge in [0.25, 0.3) is 0 Å². The van der Waals surface area contributed by atoms with Crippen molar-refractivity contribution in [1.82, 2.24) is 34.8 Å². The highest BCUT2D eigenvalue weighted by Crippen LogP contribution is 2.23. The highest BCUT2D eigenvalue weighted by Gasteiger charge is 2.24. The second kappa shape index (κ2) is 8.33. The molecule has 0 radical (unpaired) electrons. The van der Waals surface area contributed by atoms with Gasteiger partial charge < -0.3 is 14.3 Å². The Balaban J connectivity index is 1.16. The molecule has 0 spiro atoms. The molecule has 3 aromatic heterocycles. The van der Waals surface area contributed by atoms with Crippen molar-refractivity contribution in [1.29, 1.82) is 0 Å². The fourth-order valence-electron chi connectivity index (χ4n) is 3.81. The normalized spacial score (nSPS) is 14.3. The number of aromatic nitrogens is 6. The van der Waals surface area contributed by atoms with Crippen LogP contribution in [0.25, 0.3) is 22.4 Å². The van der Waals surface area contributed by atoms with E-state index >= 15 is 0 Å². The molecule has 0 bridgehead atoms. The maximum absolute atomic E-state index is 13.1. The zero-order chi connectivity index (χ0) is 22.1. The zero-order valence-electron chi connectivity index (χ0n) is 17.5. The highest BCUT2D eigenvalue weighted by molar-refractivity contribution is 5.86. The number of halogens is 1. The van der Waals surface area contributed by atoms with Crippen LogP contribution in [0.4, 0.5) is 10.2 Å². The number of piperazine rings is 1. The summed E-state index contributed by atoms with van der Waals surface area (Å²) in [5, 5.41) is 9.08. The van der Waals surface area contributed by atoms with E-state index in [2.05, 4.69) is 30.1 Å². The van der Waals surface area contributed by atoms with Crippen LogP contribution in [0, 0.1) is 5.82 Å². The first-order valence-corrected chi connectivity index (χ1v) is 10.3. The molecular formula is C21H21FN8O2. The van der Waals surface area contributed by atoms with E-state index < -0.39 is 0 Å². The summed E-state index contributed by atoms with van der Waals surface area (Å²) in [5.41, 5.74) is 1.45. The molecule has 1 fully saturated rings. The van der Waals surface area contributed by atoms with E-state index in [1.54, 1.807) is 29.3 Å². The number of hydrogen-bond acceptors (Lipinski definition) is 8. The Kier molecular flexibility index (Phi) is 5.21. The summed E-state index contributed by atoms with van der Waals surface area (Å²) in [6.45, 7) is 2.58. The van der Waals surface area contributed by atoms with Gasteiger partial charge in [-0.15, -0.1) is 0 Å². The van der Waals surface area contributed by atoms with E-state index in [-0.39, 0.29) is 18.1 Å². The zero-order valence-corrected chi connectivity index (χ0v) is 17.5. The Hall–Kier alpha value is -3.89. The predicted molar refractivity (Wildman–Crippen MR) is 113 cm³/mol. The van der Waals surface area contributed by atoms with Crippen LogP contribution < -0.4 is 4.90 Å². The molecule has 11 heteroatoms. The molecule has 4 heterocycles. The number of amides is 1. The van der Waals surface area contributed by atoms with Crippen LogP contribution >= 0.6 is 0 Å². The lowest BCUT2D eigenvalue weighted by molar-refractivity contribution is -0.131. The minimum atomic E-state index is -0.326. The number of benzene rings is 1. The molecule has 1 amide bonds. The second-order valence-electron chi connectivity index (χ2n) is 7.59. The molecule has 1 aromatic carbocycles. The van der Waals surface area contributed by atoms with Crippen LogP contribution in [-0.2, 0) is 18.3 Å². The van der Waals surface area contributed by atoms with E-state index in [9.17, 15) is 9.18 Å². The fourth-order valence-corrected chi connectivity index (χ4v) is 3.81. The molecule has 0 aliphatic carbocycles. The number of nitrogens with zero attached hydrogens (tertiary/aromatic N) is 8. The fraction of sp³-hybridized carbons (Fsp3) is 0.333. The topological polar surface area (TPSA) is 106 Å². The highest BCUT2D eigenvalue weighted by atomic mass is 19.1. The molecule has 1 saturated heterocycles. The van der Waals surface area contributed by atoms with E-state index in [0.29, 0.717) is 49.9 Å². The predicted octanol–water partition coefficient (Wildman–Crippen LogP) is 1.83. The van der Waals surface area contributed by atoms with Crippen LogP contribution in [0.1, 0.15) is 12.3 Å². The van der Waals surface area contributed by atoms with Gasteiger partial charge in [0.2, 0.25) is 17.6 Å². The van der Waals surface area contributed by atoms with Crippen molar-refractivity contribution in [3.63, 3.8) is 0 Å². The largest absolute Gasteiger partial charge is 0.352 e. The third-order valence-electron chi connectivity index (χ3n) is 5.56. The summed E-state index contributed by atoms with van der Waals surface area (Å²) in [6, 6.07) is 5.86. The summed E-state index contributed by atoms with van der Waals surface area (Å²) in [4.78, 5) is 29.7. The number of carbonyl (C=O) groups is 1. The number of anilines is 1. The smallest absolute Gasteiger partial charge is 0.227 e. The molecule has 5 rings (SSSR count). The van der Waals surface area contributed by atoms with Gasteiger partial charge >= 0.3 is 0 Å². The molecule has 164 valence electrons. The number of aryl methyl sites for hydroxylation is 2. The number of rotatable bonds is 5. The minimum absolute atomic E-state index is 0.0420. The van der Waals surface area contributed by atoms with E-state index in [1.165, 1.54) is 12.1 Å². The Bertz CT molecular complexity index is 1240. The minimum Gasteiger partial charge on any atom is -0.352 e. The van der Waals surface area contributed by atoms with Crippen molar-refractivity contribution >= 4 is 22.8 Å². The van der Waals surface area contributed by atoms with Crippen LogP contribution in [0.3, 0.4) is 0 Å². The van der Waals surface area contributed by atoms with Crippen molar-refractivity contribution in [3.05, 3.63) is 48.5 Å². The Morgan fingerprint density at radius 1 is 1.12 bits per heavy atom. The van der Waals surface area contributed by atoms with Crippen LogP contribution in [-0.4, -0.2) is 66.9 Å². The Morgan fingerprint density at radius 3 is 2.69 bits per heavy atom. The van der Waals surface area contributed by atoms with Gasteiger partial charge in [0.15, 0.2) is 5.65 Å². The number of hydrogen-bond donors (Lipinski definition) is 0. The summed E-state index contributed by atoms with van der Waals surface area (Å²) < 4.78 is 20.0. The maximum Gasteiger partial charge on any atom is 0.227 e.